The summed E-state index contributed by atoms with van der Waals surface area (Å²) < 4.78 is 35.1. The molecular formula is C7HCl4F3N2O. The van der Waals surface area contributed by atoms with Gasteiger partial charge in [-0.3, -0.25) is 4.79 Å². The Hall–Kier alpha value is -0.300. The topological polar surface area (TPSA) is 42.9 Å². The van der Waals surface area contributed by atoms with Crippen molar-refractivity contribution in [2.45, 2.75) is 9.97 Å². The Morgan fingerprint density at radius 2 is 1.76 bits per heavy atom. The molecule has 0 N–H and O–H groups in total. The summed E-state index contributed by atoms with van der Waals surface area (Å²) >= 11 is 20.8. The molecule has 1 heterocycles. The smallest absolute Gasteiger partial charge is 0.289 e. The highest BCUT2D eigenvalue weighted by Gasteiger charge is 2.42. The number of hydrogen-bond donors (Lipinski definition) is 0. The second kappa shape index (κ2) is 4.76. The van der Waals surface area contributed by atoms with Gasteiger partial charge in [0.25, 0.3) is 3.79 Å². The minimum Gasteiger partial charge on any atom is -0.289 e. The fourth-order valence-corrected chi connectivity index (χ4v) is 1.33. The number of rotatable bonds is 1. The number of carbonyl (C=O) groups excluding carboxylic acids is 1. The minimum absolute atomic E-state index is 0.558. The molecule has 0 aliphatic heterocycles. The predicted molar refractivity (Wildman–Crippen MR) is 56.7 cm³/mol. The maximum Gasteiger partial charge on any atom is 0.434 e. The number of ketones is 1. The molecule has 1 rings (SSSR count). The minimum atomic E-state index is -4.91. The molecule has 0 aliphatic rings. The van der Waals surface area contributed by atoms with Gasteiger partial charge in [0.05, 0.1) is 5.56 Å². The van der Waals surface area contributed by atoms with Crippen molar-refractivity contribution in [2.24, 2.45) is 0 Å². The first-order valence-corrected chi connectivity index (χ1v) is 5.26. The monoisotopic (exact) mass is 326 g/mol. The predicted octanol–water partition coefficient (Wildman–Crippen LogP) is 3.70. The average molecular weight is 328 g/mol. The van der Waals surface area contributed by atoms with Crippen molar-refractivity contribution in [3.8, 4) is 0 Å². The van der Waals surface area contributed by atoms with Gasteiger partial charge in [-0.2, -0.15) is 13.2 Å². The Balaban J connectivity index is 3.40. The van der Waals surface area contributed by atoms with E-state index in [1.54, 1.807) is 0 Å². The number of carbonyl (C=O) groups is 1. The Morgan fingerprint density at radius 3 is 2.18 bits per heavy atom. The van der Waals surface area contributed by atoms with Crippen LogP contribution in [0.25, 0.3) is 0 Å². The normalized spacial score (nSPS) is 12.6. The number of nitrogens with zero attached hydrogens (tertiary/aromatic N) is 2. The van der Waals surface area contributed by atoms with E-state index < -0.39 is 32.3 Å². The lowest BCUT2D eigenvalue weighted by Crippen LogP contribution is -2.24. The SMILES string of the molecule is O=C(c1cnc(Cl)nc1C(F)(F)F)C(Cl)(Cl)Cl. The van der Waals surface area contributed by atoms with E-state index in [9.17, 15) is 18.0 Å². The van der Waals surface area contributed by atoms with Crippen molar-refractivity contribution in [3.05, 3.63) is 22.7 Å². The van der Waals surface area contributed by atoms with E-state index in [-0.39, 0.29) is 0 Å². The number of hydrogen-bond acceptors (Lipinski definition) is 3. The number of aromatic nitrogens is 2. The van der Waals surface area contributed by atoms with Crippen LogP contribution in [0.1, 0.15) is 16.1 Å². The summed E-state index contributed by atoms with van der Waals surface area (Å²) in [6.45, 7) is 0. The molecule has 0 unspecified atom stereocenters. The summed E-state index contributed by atoms with van der Waals surface area (Å²) in [6, 6.07) is 0. The van der Waals surface area contributed by atoms with Crippen molar-refractivity contribution in [1.29, 1.82) is 0 Å². The maximum absolute atomic E-state index is 12.5. The molecule has 0 atom stereocenters. The van der Waals surface area contributed by atoms with E-state index in [2.05, 4.69) is 9.97 Å². The van der Waals surface area contributed by atoms with Crippen LogP contribution in [-0.4, -0.2) is 19.5 Å². The molecule has 0 radical (unpaired) electrons. The maximum atomic E-state index is 12.5. The van der Waals surface area contributed by atoms with Gasteiger partial charge in [0.2, 0.25) is 11.1 Å². The molecule has 94 valence electrons. The highest BCUT2D eigenvalue weighted by Crippen LogP contribution is 2.36. The summed E-state index contributed by atoms with van der Waals surface area (Å²) in [7, 11) is 0. The lowest BCUT2D eigenvalue weighted by atomic mass is 10.1. The summed E-state index contributed by atoms with van der Waals surface area (Å²) in [5.74, 6) is -1.38. The molecule has 0 bridgehead atoms. The highest BCUT2D eigenvalue weighted by atomic mass is 35.6. The van der Waals surface area contributed by atoms with Crippen LogP contribution in [0.2, 0.25) is 5.28 Å². The fraction of sp³-hybridized carbons (Fsp3) is 0.286. The summed E-state index contributed by atoms with van der Waals surface area (Å²) in [5, 5.41) is -0.668. The third kappa shape index (κ3) is 3.58. The molecule has 0 amide bonds. The van der Waals surface area contributed by atoms with Crippen LogP contribution in [0.4, 0.5) is 13.2 Å². The van der Waals surface area contributed by atoms with Gasteiger partial charge < -0.3 is 0 Å². The Kier molecular flexibility index (Phi) is 4.13. The van der Waals surface area contributed by atoms with Crippen molar-refractivity contribution < 1.29 is 18.0 Å². The molecule has 1 aromatic rings. The van der Waals surface area contributed by atoms with Crippen molar-refractivity contribution in [3.63, 3.8) is 0 Å². The lowest BCUT2D eigenvalue weighted by molar-refractivity contribution is -0.141. The van der Waals surface area contributed by atoms with Crippen LogP contribution in [0, 0.1) is 0 Å². The highest BCUT2D eigenvalue weighted by molar-refractivity contribution is 6.77. The molecule has 17 heavy (non-hydrogen) atoms. The number of Topliss-reactive ketones (excluding diaryl/α,β-unsaturated/α-hetero) is 1. The first-order valence-electron chi connectivity index (χ1n) is 3.74. The third-order valence-corrected chi connectivity index (χ3v) is 2.23. The molecular weight excluding hydrogens is 327 g/mol. The van der Waals surface area contributed by atoms with Gasteiger partial charge in [0, 0.05) is 6.20 Å². The van der Waals surface area contributed by atoms with E-state index in [4.69, 9.17) is 46.4 Å². The van der Waals surface area contributed by atoms with E-state index >= 15 is 0 Å². The van der Waals surface area contributed by atoms with E-state index in [0.717, 1.165) is 0 Å². The second-order valence-corrected chi connectivity index (χ2v) is 5.35. The van der Waals surface area contributed by atoms with Gasteiger partial charge in [-0.15, -0.1) is 0 Å². The Morgan fingerprint density at radius 1 is 1.24 bits per heavy atom. The van der Waals surface area contributed by atoms with E-state index in [0.29, 0.717) is 6.20 Å². The van der Waals surface area contributed by atoms with Gasteiger partial charge in [0.1, 0.15) is 0 Å². The van der Waals surface area contributed by atoms with Gasteiger partial charge in [-0.1, -0.05) is 34.8 Å². The van der Waals surface area contributed by atoms with Crippen LogP contribution < -0.4 is 0 Å². The number of alkyl halides is 6. The molecule has 0 saturated carbocycles. The average Bonchev–Trinajstić information content (AvgIpc) is 2.14. The second-order valence-electron chi connectivity index (χ2n) is 2.73. The van der Waals surface area contributed by atoms with Gasteiger partial charge >= 0.3 is 6.18 Å². The van der Waals surface area contributed by atoms with Crippen molar-refractivity contribution in [2.75, 3.05) is 0 Å². The summed E-state index contributed by atoms with van der Waals surface area (Å²) in [5.41, 5.74) is -2.50. The van der Waals surface area contributed by atoms with Gasteiger partial charge in [-0.25, -0.2) is 9.97 Å². The molecule has 0 spiro atoms. The third-order valence-electron chi connectivity index (χ3n) is 1.53. The molecule has 10 heteroatoms. The van der Waals surface area contributed by atoms with E-state index in [1.165, 1.54) is 0 Å². The Labute approximate surface area is 113 Å². The lowest BCUT2D eigenvalue weighted by Gasteiger charge is -2.14. The largest absolute Gasteiger partial charge is 0.434 e. The van der Waals surface area contributed by atoms with Crippen LogP contribution in [0.15, 0.2) is 6.20 Å². The zero-order chi connectivity index (χ0) is 13.4. The molecule has 0 aromatic carbocycles. The zero-order valence-electron chi connectivity index (χ0n) is 7.53. The van der Waals surface area contributed by atoms with Crippen LogP contribution in [0.5, 0.6) is 0 Å². The molecule has 3 nitrogen and oxygen atoms in total. The van der Waals surface area contributed by atoms with Gasteiger partial charge in [-0.05, 0) is 11.6 Å². The van der Waals surface area contributed by atoms with Gasteiger partial charge in [0.15, 0.2) is 5.69 Å². The molecule has 1 aromatic heterocycles. The first kappa shape index (κ1) is 14.8. The summed E-state index contributed by atoms with van der Waals surface area (Å²) in [4.78, 5) is 17.6. The van der Waals surface area contributed by atoms with Crippen LogP contribution in [0.3, 0.4) is 0 Å². The zero-order valence-corrected chi connectivity index (χ0v) is 10.5. The molecule has 0 aliphatic carbocycles. The molecule has 0 fully saturated rings. The Bertz CT molecular complexity index is 457. The molecule has 0 saturated heterocycles. The van der Waals surface area contributed by atoms with E-state index in [1.807, 2.05) is 0 Å². The first-order chi connectivity index (χ1) is 7.53. The summed E-state index contributed by atoms with van der Waals surface area (Å²) in [6.07, 6.45) is -4.35. The standard InChI is InChI=1S/C7HCl4F3N2O/c8-5-15-1-2(4(17)6(9,10)11)3(16-5)7(12,13)14/h1H. The van der Waals surface area contributed by atoms with Crippen LogP contribution in [-0.2, 0) is 6.18 Å². The number of halogens is 7. The van der Waals surface area contributed by atoms with Crippen LogP contribution >= 0.6 is 46.4 Å². The van der Waals surface area contributed by atoms with Crippen molar-refractivity contribution >= 4 is 52.2 Å². The quantitative estimate of drug-likeness (QED) is 0.448. The van der Waals surface area contributed by atoms with Crippen molar-refractivity contribution in [1.82, 2.24) is 9.97 Å². The fourth-order valence-electron chi connectivity index (χ4n) is 0.895.